The maximum atomic E-state index is 13.4. The normalized spacial score (nSPS) is 19.4. The van der Waals surface area contributed by atoms with Gasteiger partial charge >= 0.3 is 0 Å². The van der Waals surface area contributed by atoms with E-state index in [9.17, 15) is 14.1 Å². The maximum Gasteiger partial charge on any atom is 0.276 e. The molecular formula is C33H35Br2FN4O3. The van der Waals surface area contributed by atoms with E-state index in [1.54, 1.807) is 4.90 Å². The number of amides is 2. The molecule has 0 bridgehead atoms. The highest BCUT2D eigenvalue weighted by Crippen LogP contribution is 2.45. The number of likely N-dealkylation sites (tertiary alicyclic amines) is 2. The first-order valence-corrected chi connectivity index (χ1v) is 16.6. The Morgan fingerprint density at radius 1 is 0.977 bits per heavy atom. The van der Waals surface area contributed by atoms with Crippen molar-refractivity contribution >= 4 is 43.7 Å². The second-order valence-electron chi connectivity index (χ2n) is 12.1. The number of hydrogen-bond acceptors (Lipinski definition) is 5. The molecule has 43 heavy (non-hydrogen) atoms. The molecule has 4 heterocycles. The van der Waals surface area contributed by atoms with Crippen molar-refractivity contribution in [2.75, 3.05) is 26.2 Å². The molecule has 2 saturated heterocycles. The average molecular weight is 714 g/mol. The molecule has 10 heteroatoms. The van der Waals surface area contributed by atoms with Gasteiger partial charge in [-0.3, -0.25) is 19.5 Å². The number of carbonyl (C=O) groups is 2. The number of rotatable bonds is 5. The van der Waals surface area contributed by atoms with Crippen LogP contribution >= 0.6 is 31.9 Å². The second-order valence-corrected chi connectivity index (χ2v) is 13.9. The summed E-state index contributed by atoms with van der Waals surface area (Å²) in [5, 5.41) is 0. The van der Waals surface area contributed by atoms with E-state index in [0.29, 0.717) is 25.4 Å². The predicted octanol–water partition coefficient (Wildman–Crippen LogP) is 6.98. The zero-order valence-electron chi connectivity index (χ0n) is 24.2. The predicted molar refractivity (Wildman–Crippen MR) is 169 cm³/mol. The molecule has 3 aliphatic rings. The number of aromatic nitrogens is 2. The molecule has 2 fully saturated rings. The molecule has 1 aromatic carbocycles. The molecule has 7 nitrogen and oxygen atoms in total. The van der Waals surface area contributed by atoms with Crippen molar-refractivity contribution in [2.24, 2.45) is 11.8 Å². The van der Waals surface area contributed by atoms with E-state index in [4.69, 9.17) is 4.98 Å². The highest BCUT2D eigenvalue weighted by molar-refractivity contribution is 9.10. The third kappa shape index (κ3) is 6.36. The molecule has 0 unspecified atom stereocenters. The Morgan fingerprint density at radius 2 is 1.70 bits per heavy atom. The van der Waals surface area contributed by atoms with Crippen LogP contribution in [0.15, 0.2) is 51.7 Å². The quantitative estimate of drug-likeness (QED) is 0.285. The van der Waals surface area contributed by atoms with E-state index in [2.05, 4.69) is 66.9 Å². The van der Waals surface area contributed by atoms with Crippen LogP contribution in [0.25, 0.3) is 0 Å². The zero-order valence-corrected chi connectivity index (χ0v) is 27.4. The molecule has 226 valence electrons. The molecule has 1 atom stereocenters. The van der Waals surface area contributed by atoms with Crippen LogP contribution < -0.4 is 4.94 Å². The van der Waals surface area contributed by atoms with Crippen LogP contribution in [-0.2, 0) is 17.6 Å². The second kappa shape index (κ2) is 13.0. The van der Waals surface area contributed by atoms with Crippen molar-refractivity contribution < 1.29 is 19.1 Å². The third-order valence-electron chi connectivity index (χ3n) is 9.38. The van der Waals surface area contributed by atoms with Crippen LogP contribution in [0.5, 0.6) is 5.75 Å². The van der Waals surface area contributed by atoms with Crippen molar-refractivity contribution in [3.8, 4) is 5.75 Å². The summed E-state index contributed by atoms with van der Waals surface area (Å²) in [6.45, 7) is 4.66. The van der Waals surface area contributed by atoms with Crippen molar-refractivity contribution in [1.29, 1.82) is 0 Å². The van der Waals surface area contributed by atoms with E-state index < -0.39 is 0 Å². The number of carbonyl (C=O) groups excluding carboxylic acids is 2. The summed E-state index contributed by atoms with van der Waals surface area (Å²) in [5.74, 6) is 0.489. The minimum Gasteiger partial charge on any atom is -0.343 e. The molecule has 3 aromatic rings. The van der Waals surface area contributed by atoms with Gasteiger partial charge in [-0.1, -0.05) is 22.0 Å². The molecule has 2 amide bonds. The number of piperidine rings is 2. The number of benzene rings is 1. The molecule has 2 aromatic heterocycles. The monoisotopic (exact) mass is 712 g/mol. The largest absolute Gasteiger partial charge is 0.343 e. The lowest BCUT2D eigenvalue weighted by Crippen LogP contribution is -2.43. The van der Waals surface area contributed by atoms with Gasteiger partial charge in [0.15, 0.2) is 5.69 Å². The van der Waals surface area contributed by atoms with Gasteiger partial charge in [0.25, 0.3) is 5.91 Å². The van der Waals surface area contributed by atoms with Crippen LogP contribution in [0.3, 0.4) is 0 Å². The Hall–Kier alpha value is -2.85. The van der Waals surface area contributed by atoms with E-state index >= 15 is 0 Å². The molecular weight excluding hydrogens is 679 g/mol. The van der Waals surface area contributed by atoms with Gasteiger partial charge < -0.3 is 9.80 Å². The lowest BCUT2D eigenvalue weighted by molar-refractivity contribution is -0.134. The first-order valence-electron chi connectivity index (χ1n) is 15.1. The van der Waals surface area contributed by atoms with E-state index in [-0.39, 0.29) is 35.1 Å². The fourth-order valence-corrected chi connectivity index (χ4v) is 8.42. The first kappa shape index (κ1) is 30.2. The minimum absolute atomic E-state index is 0.0219. The lowest BCUT2D eigenvalue weighted by atomic mass is 9.76. The number of nitrogens with zero attached hydrogens (tertiary/aromatic N) is 4. The Kier molecular flexibility index (Phi) is 9.14. The molecule has 6 rings (SSSR count). The molecule has 0 radical (unpaired) electrons. The number of hydrogen-bond donors (Lipinski definition) is 0. The number of pyridine rings is 2. The van der Waals surface area contributed by atoms with Gasteiger partial charge in [0, 0.05) is 64.4 Å². The van der Waals surface area contributed by atoms with Gasteiger partial charge in [0.2, 0.25) is 11.7 Å². The van der Waals surface area contributed by atoms with Gasteiger partial charge in [0.1, 0.15) is 0 Å². The van der Waals surface area contributed by atoms with Gasteiger partial charge in [0.05, 0.1) is 5.69 Å². The third-order valence-corrected chi connectivity index (χ3v) is 10.5. The molecule has 0 N–H and O–H groups in total. The number of fused-ring (bicyclic) bond motifs is 2. The first-order chi connectivity index (χ1) is 20.8. The Labute approximate surface area is 268 Å². The van der Waals surface area contributed by atoms with Crippen LogP contribution in [0.4, 0.5) is 4.53 Å². The minimum atomic E-state index is -0.342. The Balaban J connectivity index is 1.09. The van der Waals surface area contributed by atoms with Crippen LogP contribution in [0.1, 0.15) is 76.5 Å². The van der Waals surface area contributed by atoms with Crippen molar-refractivity contribution in [3.63, 3.8) is 0 Å². The molecule has 0 saturated carbocycles. The fraction of sp³-hybridized carbons (Fsp3) is 0.455. The zero-order chi connectivity index (χ0) is 30.1. The fourth-order valence-electron chi connectivity index (χ4n) is 7.18. The van der Waals surface area contributed by atoms with E-state index in [1.165, 1.54) is 46.3 Å². The van der Waals surface area contributed by atoms with E-state index in [0.717, 1.165) is 60.6 Å². The Bertz CT molecular complexity index is 1520. The van der Waals surface area contributed by atoms with Crippen molar-refractivity contribution in [3.05, 3.63) is 85.3 Å². The van der Waals surface area contributed by atoms with Crippen molar-refractivity contribution in [2.45, 2.75) is 57.8 Å². The van der Waals surface area contributed by atoms with Crippen molar-refractivity contribution in [1.82, 2.24) is 19.8 Å². The smallest absolute Gasteiger partial charge is 0.276 e. The van der Waals surface area contributed by atoms with Gasteiger partial charge in [-0.15, -0.1) is 0 Å². The SMILES string of the molecule is Cc1cc(Br)c2c(c1)CCc1cc(Br)cnc1[C@@H]2C1CCN(C(=O)CC2CCN(C(=O)c3ncccc3OF)CC2)CC1. The number of halogens is 3. The van der Waals surface area contributed by atoms with E-state index in [1.807, 2.05) is 11.1 Å². The average Bonchev–Trinajstić information content (AvgIpc) is 3.18. The van der Waals surface area contributed by atoms with Crippen LogP contribution in [0, 0.1) is 18.8 Å². The summed E-state index contributed by atoms with van der Waals surface area (Å²) < 4.78 is 15.0. The maximum absolute atomic E-state index is 13.4. The summed E-state index contributed by atoms with van der Waals surface area (Å²) >= 11 is 7.54. The van der Waals surface area contributed by atoms with Gasteiger partial charge in [-0.25, -0.2) is 4.98 Å². The number of aryl methyl sites for hydroxylation is 3. The topological polar surface area (TPSA) is 75.6 Å². The standard InChI is InChI=1S/C33H35Br2FN4O3/c1-20-15-23-4-5-24-18-25(34)19-38-31(24)30(29(23)26(35)16-20)22-8-13-39(14-9-22)28(41)17-21-6-11-40(12-7-21)33(42)32-27(43-36)3-2-10-37-32/h2-3,10,15-16,18-19,21-22,30H,4-9,11-14,17H2,1H3/t30-/m1/s1. The highest BCUT2D eigenvalue weighted by atomic mass is 79.9. The lowest BCUT2D eigenvalue weighted by Gasteiger charge is -2.38. The summed E-state index contributed by atoms with van der Waals surface area (Å²) in [6.07, 6.45) is 9.15. The van der Waals surface area contributed by atoms with Gasteiger partial charge in [-0.2, -0.15) is 0 Å². The molecule has 2 aliphatic heterocycles. The van der Waals surface area contributed by atoms with Crippen LogP contribution in [0.2, 0.25) is 0 Å². The summed E-state index contributed by atoms with van der Waals surface area (Å²) in [7, 11) is 0. The van der Waals surface area contributed by atoms with Crippen LogP contribution in [-0.4, -0.2) is 57.8 Å². The summed E-state index contributed by atoms with van der Waals surface area (Å²) in [4.78, 5) is 42.8. The summed E-state index contributed by atoms with van der Waals surface area (Å²) in [5.41, 5.74) is 6.47. The van der Waals surface area contributed by atoms with Gasteiger partial charge in [-0.05, 0) is 120 Å². The summed E-state index contributed by atoms with van der Waals surface area (Å²) in [6, 6.07) is 9.69. The Morgan fingerprint density at radius 3 is 2.44 bits per heavy atom. The molecule has 0 spiro atoms. The molecule has 1 aliphatic carbocycles. The highest BCUT2D eigenvalue weighted by Gasteiger charge is 2.37.